The lowest BCUT2D eigenvalue weighted by atomic mass is 9.88. The molecule has 3 aliphatic heterocycles. The van der Waals surface area contributed by atoms with E-state index in [1.807, 2.05) is 64.2 Å². The third-order valence-corrected chi connectivity index (χ3v) is 12.8. The first-order chi connectivity index (χ1) is 31.7. The fourth-order valence-corrected chi connectivity index (χ4v) is 9.30. The highest BCUT2D eigenvalue weighted by Crippen LogP contribution is 2.34. The van der Waals surface area contributed by atoms with Crippen molar-refractivity contribution in [2.45, 2.75) is 104 Å². The highest BCUT2D eigenvalue weighted by Gasteiger charge is 2.45. The Morgan fingerprint density at radius 2 is 1.70 bits per heavy atom. The molecular weight excluding hydrogens is 837 g/mol. The van der Waals surface area contributed by atoms with Gasteiger partial charge in [0.05, 0.1) is 11.1 Å². The van der Waals surface area contributed by atoms with E-state index in [9.17, 15) is 33.6 Å². The molecule has 4 aliphatic rings. The molecule has 4 heterocycles. The fourth-order valence-electron chi connectivity index (χ4n) is 9.30. The van der Waals surface area contributed by atoms with Crippen LogP contribution in [0, 0.1) is 5.41 Å². The summed E-state index contributed by atoms with van der Waals surface area (Å²) in [5.41, 5.74) is 6.96. The number of anilines is 3. The van der Waals surface area contributed by atoms with Crippen LogP contribution in [-0.4, -0.2) is 113 Å². The number of fused-ring (bicyclic) bond motifs is 1. The summed E-state index contributed by atoms with van der Waals surface area (Å²) < 4.78 is 0. The van der Waals surface area contributed by atoms with Gasteiger partial charge < -0.3 is 20.9 Å². The van der Waals surface area contributed by atoms with Crippen LogP contribution in [-0.2, 0) is 19.2 Å². The minimum Gasteiger partial charge on any atom is -0.384 e. The zero-order chi connectivity index (χ0) is 47.1. The molecule has 3 aromatic rings. The van der Waals surface area contributed by atoms with Gasteiger partial charge in [-0.15, -0.1) is 0 Å². The molecule has 66 heavy (non-hydrogen) atoms. The third-order valence-electron chi connectivity index (χ3n) is 12.8. The van der Waals surface area contributed by atoms with Gasteiger partial charge in [0.25, 0.3) is 11.8 Å². The second-order valence-corrected chi connectivity index (χ2v) is 18.0. The smallest absolute Gasteiger partial charge is 0.264 e. The zero-order valence-corrected chi connectivity index (χ0v) is 38.4. The number of pyridine rings is 1. The van der Waals surface area contributed by atoms with Gasteiger partial charge in [-0.3, -0.25) is 48.7 Å². The molecule has 1 atom stereocenters. The number of allylic oxidation sites excluding steroid dienone is 4. The number of piperazine rings is 1. The SMILES string of the molecule is CC1=CC(C)=C(CCC(=O)c2cc(-c3ccc(N4CCN(CCC(=O)CCCCCNc5cccc6c5C(=O)N(C5CCC(=O)NC5=O)C6=O)CC4)nc3)cc(NC(C)C)c2C=N)C(=O)C1. The maximum atomic E-state index is 13.8. The molecule has 0 radical (unpaired) electrons. The number of benzene rings is 2. The molecular formula is C51H60N8O7. The number of unbranched alkanes of at least 4 members (excludes halogenated alkanes) is 2. The second kappa shape index (κ2) is 21.1. The van der Waals surface area contributed by atoms with E-state index >= 15 is 0 Å². The van der Waals surface area contributed by atoms with Crippen LogP contribution in [0.4, 0.5) is 17.2 Å². The van der Waals surface area contributed by atoms with Crippen LogP contribution in [0.15, 0.2) is 71.5 Å². The van der Waals surface area contributed by atoms with Crippen LogP contribution in [0.3, 0.4) is 0 Å². The first-order valence-electron chi connectivity index (χ1n) is 23.1. The number of nitrogens with one attached hydrogen (secondary N) is 4. The zero-order valence-electron chi connectivity index (χ0n) is 38.4. The summed E-state index contributed by atoms with van der Waals surface area (Å²) in [5, 5.41) is 17.1. The quantitative estimate of drug-likeness (QED) is 0.0396. The molecule has 4 N–H and O–H groups in total. The van der Waals surface area contributed by atoms with E-state index in [0.29, 0.717) is 66.8 Å². The summed E-state index contributed by atoms with van der Waals surface area (Å²) in [6.45, 7) is 12.3. The molecule has 0 saturated carbocycles. The van der Waals surface area contributed by atoms with Crippen molar-refractivity contribution in [3.05, 3.63) is 93.7 Å². The van der Waals surface area contributed by atoms with Gasteiger partial charge in [0.2, 0.25) is 11.8 Å². The number of ketones is 3. The number of amides is 4. The van der Waals surface area contributed by atoms with Crippen molar-refractivity contribution < 1.29 is 33.6 Å². The lowest BCUT2D eigenvalue weighted by molar-refractivity contribution is -0.136. The maximum absolute atomic E-state index is 13.8. The summed E-state index contributed by atoms with van der Waals surface area (Å²) in [6, 6.07) is 11.9. The van der Waals surface area contributed by atoms with E-state index in [4.69, 9.17) is 10.4 Å². The number of carbonyl (C=O) groups is 7. The van der Waals surface area contributed by atoms with Gasteiger partial charge >= 0.3 is 0 Å². The largest absolute Gasteiger partial charge is 0.384 e. The summed E-state index contributed by atoms with van der Waals surface area (Å²) in [6.07, 6.45) is 9.45. The molecule has 1 unspecified atom stereocenters. The number of carbonyl (C=O) groups excluding carboxylic acids is 7. The number of hydrogen-bond acceptors (Lipinski definition) is 13. The molecule has 2 aromatic carbocycles. The number of Topliss-reactive ketones (excluding diaryl/α,β-unsaturated/α-hetero) is 3. The standard InChI is InChI=1S/C51H60N8O7/c1-31(2)55-42-28-35(27-39(40(42)29-52)44(61)15-13-37-33(4)25-32(3)26-45(37)62)34-12-16-46(54-30-34)58-23-21-57(22-24-58)20-18-36(60)9-6-5-7-19-53-41-11-8-10-38-48(41)51(66)59(50(38)65)43-14-17-47(63)56-49(43)64/h8,10-12,16,25,27-31,43,52-53,55H,5-7,9,13-15,17-24,26H2,1-4H3,(H,56,63,64). The Kier molecular flexibility index (Phi) is 15.2. The van der Waals surface area contributed by atoms with Crippen molar-refractivity contribution in [3.63, 3.8) is 0 Å². The molecule has 15 heteroatoms. The topological polar surface area (TPSA) is 202 Å². The average Bonchev–Trinajstić information content (AvgIpc) is 3.54. The molecule has 1 aromatic heterocycles. The van der Waals surface area contributed by atoms with Crippen LogP contribution < -0.4 is 20.9 Å². The van der Waals surface area contributed by atoms with Gasteiger partial charge in [0.1, 0.15) is 17.6 Å². The van der Waals surface area contributed by atoms with Crippen LogP contribution in [0.2, 0.25) is 0 Å². The van der Waals surface area contributed by atoms with Crippen molar-refractivity contribution in [2.75, 3.05) is 54.8 Å². The van der Waals surface area contributed by atoms with Crippen LogP contribution >= 0.6 is 0 Å². The van der Waals surface area contributed by atoms with Crippen molar-refractivity contribution in [3.8, 4) is 11.1 Å². The van der Waals surface area contributed by atoms with Gasteiger partial charge in [0.15, 0.2) is 11.6 Å². The number of aromatic nitrogens is 1. The van der Waals surface area contributed by atoms with E-state index in [1.54, 1.807) is 18.2 Å². The predicted octanol–water partition coefficient (Wildman–Crippen LogP) is 6.92. The van der Waals surface area contributed by atoms with E-state index in [2.05, 4.69) is 25.8 Å². The molecule has 7 rings (SSSR count). The number of imide groups is 2. The Labute approximate surface area is 386 Å². The highest BCUT2D eigenvalue weighted by molar-refractivity contribution is 6.25. The van der Waals surface area contributed by atoms with Crippen molar-refractivity contribution in [1.82, 2.24) is 20.1 Å². The molecule has 0 bridgehead atoms. The Morgan fingerprint density at radius 1 is 0.909 bits per heavy atom. The Hall–Kier alpha value is -6.61. The molecule has 2 fully saturated rings. The number of rotatable bonds is 20. The summed E-state index contributed by atoms with van der Waals surface area (Å²) >= 11 is 0. The van der Waals surface area contributed by atoms with Gasteiger partial charge in [-0.25, -0.2) is 4.98 Å². The second-order valence-electron chi connectivity index (χ2n) is 18.0. The Balaban J connectivity index is 0.847. The van der Waals surface area contributed by atoms with Crippen LogP contribution in [0.1, 0.15) is 129 Å². The van der Waals surface area contributed by atoms with E-state index in [1.165, 1.54) is 6.21 Å². The summed E-state index contributed by atoms with van der Waals surface area (Å²) in [4.78, 5) is 100. The van der Waals surface area contributed by atoms with Gasteiger partial charge in [-0.2, -0.15) is 0 Å². The van der Waals surface area contributed by atoms with Gasteiger partial charge in [0, 0.05) is 118 Å². The van der Waals surface area contributed by atoms with Gasteiger partial charge in [-0.1, -0.05) is 24.1 Å². The van der Waals surface area contributed by atoms with Crippen molar-refractivity contribution in [1.29, 1.82) is 5.41 Å². The summed E-state index contributed by atoms with van der Waals surface area (Å²) in [5.74, 6) is -1.11. The van der Waals surface area contributed by atoms with Crippen molar-refractivity contribution in [2.24, 2.45) is 0 Å². The van der Waals surface area contributed by atoms with Crippen LogP contribution in [0.5, 0.6) is 0 Å². The number of hydrogen-bond donors (Lipinski definition) is 4. The maximum Gasteiger partial charge on any atom is 0.264 e. The molecule has 4 amide bonds. The number of piperidine rings is 1. The van der Waals surface area contributed by atoms with E-state index in [0.717, 1.165) is 78.4 Å². The molecule has 2 saturated heterocycles. The molecule has 0 spiro atoms. The fraction of sp³-hybridized carbons (Fsp3) is 0.431. The lowest BCUT2D eigenvalue weighted by Crippen LogP contribution is -2.54. The minimum atomic E-state index is -1.02. The highest BCUT2D eigenvalue weighted by atomic mass is 16.2. The first-order valence-corrected chi connectivity index (χ1v) is 23.1. The average molecular weight is 897 g/mol. The van der Waals surface area contributed by atoms with Crippen LogP contribution in [0.25, 0.3) is 11.1 Å². The lowest BCUT2D eigenvalue weighted by Gasteiger charge is -2.35. The van der Waals surface area contributed by atoms with Crippen molar-refractivity contribution >= 4 is 64.4 Å². The first kappa shape index (κ1) is 47.4. The Bertz CT molecular complexity index is 2500. The summed E-state index contributed by atoms with van der Waals surface area (Å²) in [7, 11) is 0. The third kappa shape index (κ3) is 10.9. The number of nitrogens with zero attached hydrogens (tertiary/aromatic N) is 4. The monoisotopic (exact) mass is 896 g/mol. The molecule has 1 aliphatic carbocycles. The molecule has 15 nitrogen and oxygen atoms in total. The normalized spacial score (nSPS) is 17.9. The Morgan fingerprint density at radius 3 is 2.39 bits per heavy atom. The van der Waals surface area contributed by atoms with Gasteiger partial charge in [-0.05, 0) is 106 Å². The molecule has 346 valence electrons. The van der Waals surface area contributed by atoms with E-state index in [-0.39, 0.29) is 53.8 Å². The van der Waals surface area contributed by atoms with E-state index < -0.39 is 29.7 Å². The predicted molar refractivity (Wildman–Crippen MR) is 254 cm³/mol. The minimum absolute atomic E-state index is 0.0621.